The molecule has 4 rings (SSSR count). The van der Waals surface area contributed by atoms with Crippen LogP contribution in [0.2, 0.25) is 10.0 Å². The molecule has 1 heterocycles. The summed E-state index contributed by atoms with van der Waals surface area (Å²) in [6, 6.07) is 23.2. The maximum absolute atomic E-state index is 13.7. The molecule has 2 atom stereocenters. The van der Waals surface area contributed by atoms with Crippen LogP contribution >= 0.6 is 35.0 Å². The van der Waals surface area contributed by atoms with Crippen LogP contribution in [0.1, 0.15) is 24.1 Å². The van der Waals surface area contributed by atoms with Gasteiger partial charge in [0.05, 0.1) is 28.4 Å². The van der Waals surface area contributed by atoms with E-state index >= 15 is 0 Å². The minimum absolute atomic E-state index is 0.142. The Hall–Kier alpha value is -3.44. The summed E-state index contributed by atoms with van der Waals surface area (Å²) in [6.07, 6.45) is 0.278. The van der Waals surface area contributed by atoms with E-state index in [1.165, 1.54) is 4.90 Å². The quantitative estimate of drug-likeness (QED) is 0.275. The van der Waals surface area contributed by atoms with Gasteiger partial charge in [0.2, 0.25) is 5.91 Å². The molecule has 0 saturated carbocycles. The van der Waals surface area contributed by atoms with Gasteiger partial charge in [-0.15, -0.1) is 0 Å². The first-order valence-electron chi connectivity index (χ1n) is 11.4. The predicted octanol–water partition coefficient (Wildman–Crippen LogP) is 6.31. The lowest BCUT2D eigenvalue weighted by molar-refractivity contribution is -0.117. The molecule has 0 spiro atoms. The van der Waals surface area contributed by atoms with E-state index in [1.54, 1.807) is 49.6 Å². The molecule has 1 fully saturated rings. The third kappa shape index (κ3) is 5.78. The summed E-state index contributed by atoms with van der Waals surface area (Å²) in [5, 5.41) is 13.3. The number of hydrogen-bond donors (Lipinski definition) is 1. The van der Waals surface area contributed by atoms with E-state index in [-0.39, 0.29) is 29.0 Å². The Bertz CT molecular complexity index is 1390. The van der Waals surface area contributed by atoms with Gasteiger partial charge in [-0.3, -0.25) is 14.5 Å². The molecule has 6 nitrogen and oxygen atoms in total. The maximum Gasteiger partial charge on any atom is 0.265 e. The van der Waals surface area contributed by atoms with Crippen molar-refractivity contribution in [2.24, 2.45) is 0 Å². The SMILES string of the molecule is COc1ccc(N2C(=O)C(Cc3cccc(Cl)c3Cl)S/C2=C(/C#N)C(=O)NC(C)c2ccccc2)cc1. The minimum atomic E-state index is -0.615. The van der Waals surface area contributed by atoms with E-state index in [4.69, 9.17) is 27.9 Å². The molecule has 3 aromatic rings. The Balaban J connectivity index is 1.72. The van der Waals surface area contributed by atoms with Gasteiger partial charge in [0.25, 0.3) is 5.91 Å². The smallest absolute Gasteiger partial charge is 0.265 e. The Labute approximate surface area is 229 Å². The molecule has 1 aliphatic heterocycles. The number of anilines is 1. The molecule has 188 valence electrons. The minimum Gasteiger partial charge on any atom is -0.497 e. The number of methoxy groups -OCH3 is 1. The van der Waals surface area contributed by atoms with E-state index < -0.39 is 11.2 Å². The van der Waals surface area contributed by atoms with Gasteiger partial charge in [0, 0.05) is 5.69 Å². The van der Waals surface area contributed by atoms with Crippen LogP contribution in [0.15, 0.2) is 83.4 Å². The van der Waals surface area contributed by atoms with Crippen LogP contribution in [0.4, 0.5) is 5.69 Å². The molecule has 1 aliphatic rings. The number of ether oxygens (including phenoxy) is 1. The fourth-order valence-electron chi connectivity index (χ4n) is 3.95. The lowest BCUT2D eigenvalue weighted by atomic mass is 10.1. The number of carbonyl (C=O) groups excluding carboxylic acids is 2. The number of nitrogens with one attached hydrogen (secondary N) is 1. The summed E-state index contributed by atoms with van der Waals surface area (Å²) in [6.45, 7) is 1.84. The lowest BCUT2D eigenvalue weighted by Crippen LogP contribution is -2.32. The zero-order valence-electron chi connectivity index (χ0n) is 20.1. The molecule has 2 amide bonds. The Kier molecular flexibility index (Phi) is 8.45. The topological polar surface area (TPSA) is 82.4 Å². The summed E-state index contributed by atoms with van der Waals surface area (Å²) in [4.78, 5) is 28.4. The third-order valence-corrected chi connectivity index (χ3v) is 8.04. The number of amides is 2. The van der Waals surface area contributed by atoms with Gasteiger partial charge in [-0.2, -0.15) is 5.26 Å². The van der Waals surface area contributed by atoms with Gasteiger partial charge < -0.3 is 10.1 Å². The second-order valence-electron chi connectivity index (χ2n) is 8.29. The summed E-state index contributed by atoms with van der Waals surface area (Å²) in [7, 11) is 1.55. The van der Waals surface area contributed by atoms with Crippen LogP contribution in [0.25, 0.3) is 0 Å². The lowest BCUT2D eigenvalue weighted by Gasteiger charge is -2.20. The van der Waals surface area contributed by atoms with Crippen molar-refractivity contribution in [2.45, 2.75) is 24.6 Å². The first kappa shape index (κ1) is 26.6. The van der Waals surface area contributed by atoms with Crippen molar-refractivity contribution in [1.29, 1.82) is 5.26 Å². The number of carbonyl (C=O) groups is 2. The van der Waals surface area contributed by atoms with E-state index in [9.17, 15) is 14.9 Å². The van der Waals surface area contributed by atoms with Gasteiger partial charge in [-0.25, -0.2) is 0 Å². The Morgan fingerprint density at radius 2 is 1.81 bits per heavy atom. The second-order valence-corrected chi connectivity index (χ2v) is 10.3. The number of rotatable bonds is 7. The van der Waals surface area contributed by atoms with E-state index in [0.717, 1.165) is 17.3 Å². The third-order valence-electron chi connectivity index (χ3n) is 5.92. The Morgan fingerprint density at radius 1 is 1.11 bits per heavy atom. The number of halogens is 2. The normalized spacial score (nSPS) is 17.2. The van der Waals surface area contributed by atoms with Crippen LogP contribution in [0, 0.1) is 11.3 Å². The van der Waals surface area contributed by atoms with E-state index in [0.29, 0.717) is 27.0 Å². The highest BCUT2D eigenvalue weighted by Crippen LogP contribution is 2.43. The van der Waals surface area contributed by atoms with Gasteiger partial charge in [-0.05, 0) is 54.8 Å². The molecular formula is C28H23Cl2N3O3S. The van der Waals surface area contributed by atoms with E-state index in [2.05, 4.69) is 5.32 Å². The maximum atomic E-state index is 13.7. The molecule has 1 saturated heterocycles. The monoisotopic (exact) mass is 551 g/mol. The summed E-state index contributed by atoms with van der Waals surface area (Å²) in [5.41, 5.74) is 1.98. The van der Waals surface area contributed by atoms with Crippen molar-refractivity contribution >= 4 is 52.5 Å². The van der Waals surface area contributed by atoms with Gasteiger partial charge in [0.1, 0.15) is 22.4 Å². The van der Waals surface area contributed by atoms with E-state index in [1.807, 2.05) is 43.3 Å². The fraction of sp³-hybridized carbons (Fsp3) is 0.179. The number of hydrogen-bond acceptors (Lipinski definition) is 5. The molecule has 0 aromatic heterocycles. The highest BCUT2D eigenvalue weighted by atomic mass is 35.5. The first-order valence-corrected chi connectivity index (χ1v) is 13.0. The second kappa shape index (κ2) is 11.7. The molecule has 3 aromatic carbocycles. The van der Waals surface area contributed by atoms with Gasteiger partial charge in [-0.1, -0.05) is 77.4 Å². The highest BCUT2D eigenvalue weighted by molar-refractivity contribution is 8.05. The number of thioether (sulfide) groups is 1. The molecule has 0 bridgehead atoms. The molecule has 9 heteroatoms. The van der Waals surface area contributed by atoms with Crippen molar-refractivity contribution in [3.05, 3.63) is 105 Å². The standard InChI is InChI=1S/C28H23Cl2N3O3S/c1-17(18-7-4-3-5-8-18)32-26(34)22(16-31)28-33(20-11-13-21(36-2)14-12-20)27(35)24(37-28)15-19-9-6-10-23(29)25(19)30/h3-14,17,24H,15H2,1-2H3,(H,32,34)/b28-22-. The van der Waals surface area contributed by atoms with Crippen molar-refractivity contribution in [2.75, 3.05) is 12.0 Å². The summed E-state index contributed by atoms with van der Waals surface area (Å²) in [5.74, 6) is -0.210. The molecule has 1 N–H and O–H groups in total. The van der Waals surface area contributed by atoms with Gasteiger partial charge >= 0.3 is 0 Å². The largest absolute Gasteiger partial charge is 0.497 e. The molecular weight excluding hydrogens is 529 g/mol. The highest BCUT2D eigenvalue weighted by Gasteiger charge is 2.41. The zero-order chi connectivity index (χ0) is 26.5. The van der Waals surface area contributed by atoms with Crippen LogP contribution < -0.4 is 15.0 Å². The van der Waals surface area contributed by atoms with Crippen molar-refractivity contribution < 1.29 is 14.3 Å². The number of benzene rings is 3. The zero-order valence-corrected chi connectivity index (χ0v) is 22.4. The molecule has 0 radical (unpaired) electrons. The molecule has 2 unspecified atom stereocenters. The van der Waals surface area contributed by atoms with Crippen molar-refractivity contribution in [1.82, 2.24) is 5.32 Å². The summed E-state index contributed by atoms with van der Waals surface area (Å²) >= 11 is 13.7. The van der Waals surface area contributed by atoms with Crippen LogP contribution in [-0.4, -0.2) is 24.2 Å². The van der Waals surface area contributed by atoms with Crippen LogP contribution in [0.5, 0.6) is 5.75 Å². The number of nitriles is 1. The first-order chi connectivity index (χ1) is 17.8. The average Bonchev–Trinajstić information content (AvgIpc) is 3.22. The van der Waals surface area contributed by atoms with Crippen LogP contribution in [-0.2, 0) is 16.0 Å². The predicted molar refractivity (Wildman–Crippen MR) is 148 cm³/mol. The number of nitrogens with zero attached hydrogens (tertiary/aromatic N) is 2. The van der Waals surface area contributed by atoms with Crippen molar-refractivity contribution in [3.8, 4) is 11.8 Å². The molecule has 37 heavy (non-hydrogen) atoms. The average molecular weight is 552 g/mol. The fourth-order valence-corrected chi connectivity index (χ4v) is 5.65. The van der Waals surface area contributed by atoms with Crippen LogP contribution in [0.3, 0.4) is 0 Å². The van der Waals surface area contributed by atoms with Crippen molar-refractivity contribution in [3.63, 3.8) is 0 Å². The summed E-state index contributed by atoms with van der Waals surface area (Å²) < 4.78 is 5.24. The molecule has 0 aliphatic carbocycles. The Morgan fingerprint density at radius 3 is 2.46 bits per heavy atom. The van der Waals surface area contributed by atoms with Gasteiger partial charge in [0.15, 0.2) is 0 Å².